The first kappa shape index (κ1) is 17.8. The third kappa shape index (κ3) is 3.10. The van der Waals surface area contributed by atoms with Crippen LogP contribution >= 0.6 is 0 Å². The van der Waals surface area contributed by atoms with E-state index in [1.165, 1.54) is 6.33 Å². The number of rotatable bonds is 5. The molecule has 3 aromatic heterocycles. The smallest absolute Gasteiger partial charge is 0.257 e. The van der Waals surface area contributed by atoms with E-state index >= 15 is 0 Å². The first-order valence-electron chi connectivity index (χ1n) is 8.65. The minimum absolute atomic E-state index is 0.0967. The minimum Gasteiger partial charge on any atom is -0.342 e. The number of carbonyl (C=O) groups excluding carboxylic acids is 1. The Labute approximate surface area is 150 Å². The lowest BCUT2D eigenvalue weighted by atomic mass is 10.1. The molecule has 8 heteroatoms. The van der Waals surface area contributed by atoms with E-state index in [2.05, 4.69) is 20.4 Å². The third-order valence-corrected chi connectivity index (χ3v) is 4.33. The highest BCUT2D eigenvalue weighted by Gasteiger charge is 2.20. The number of carbonyl (C=O) groups is 1. The van der Waals surface area contributed by atoms with Gasteiger partial charge in [-0.2, -0.15) is 5.10 Å². The van der Waals surface area contributed by atoms with Crippen molar-refractivity contribution < 1.29 is 4.79 Å². The van der Waals surface area contributed by atoms with Crippen LogP contribution in [0.4, 0.5) is 0 Å². The molecule has 136 valence electrons. The van der Waals surface area contributed by atoms with Gasteiger partial charge in [0.25, 0.3) is 5.91 Å². The van der Waals surface area contributed by atoms with E-state index in [9.17, 15) is 9.59 Å². The molecule has 0 radical (unpaired) electrons. The zero-order valence-electron chi connectivity index (χ0n) is 15.4. The van der Waals surface area contributed by atoms with Crippen molar-refractivity contribution >= 4 is 16.9 Å². The Bertz CT molecular complexity index is 1020. The quantitative estimate of drug-likeness (QED) is 0.754. The van der Waals surface area contributed by atoms with E-state index in [0.717, 1.165) is 5.69 Å². The fourth-order valence-corrected chi connectivity index (χ4v) is 2.95. The standard InChI is InChI=1S/C18H22N6O2/c1-5-23-9-14(15(25)13-8-7-11(3)21-17(13)23)18(26)22-12(4)16-19-10-20-24(16)6-2/h7-10,12H,5-6H2,1-4H3,(H,22,26)/t12-/m0/s1. The normalized spacial score (nSPS) is 12.3. The molecule has 0 unspecified atom stereocenters. The van der Waals surface area contributed by atoms with Crippen molar-refractivity contribution in [2.24, 2.45) is 0 Å². The number of amides is 1. The molecule has 0 fully saturated rings. The Kier molecular flexibility index (Phi) is 4.83. The van der Waals surface area contributed by atoms with Crippen LogP contribution in [0.5, 0.6) is 0 Å². The lowest BCUT2D eigenvalue weighted by Gasteiger charge is -2.15. The van der Waals surface area contributed by atoms with Gasteiger partial charge < -0.3 is 9.88 Å². The Morgan fingerprint density at radius 1 is 1.27 bits per heavy atom. The average Bonchev–Trinajstić information content (AvgIpc) is 3.10. The van der Waals surface area contributed by atoms with Crippen LogP contribution in [-0.2, 0) is 13.1 Å². The molecule has 0 bridgehead atoms. The SMILES string of the molecule is CCn1ncnc1[C@H](C)NC(=O)c1cn(CC)c2nc(C)ccc2c1=O. The summed E-state index contributed by atoms with van der Waals surface area (Å²) in [5, 5.41) is 7.39. The molecule has 3 rings (SSSR count). The minimum atomic E-state index is -0.433. The van der Waals surface area contributed by atoms with E-state index in [1.807, 2.05) is 32.3 Å². The Morgan fingerprint density at radius 2 is 2.04 bits per heavy atom. The number of pyridine rings is 2. The van der Waals surface area contributed by atoms with Gasteiger partial charge in [-0.25, -0.2) is 14.6 Å². The van der Waals surface area contributed by atoms with Crippen molar-refractivity contribution in [3.63, 3.8) is 0 Å². The number of hydrogen-bond acceptors (Lipinski definition) is 5. The average molecular weight is 354 g/mol. The number of nitrogens with one attached hydrogen (secondary N) is 1. The maximum atomic E-state index is 12.8. The van der Waals surface area contributed by atoms with Gasteiger partial charge in [-0.3, -0.25) is 9.59 Å². The highest BCUT2D eigenvalue weighted by atomic mass is 16.2. The summed E-state index contributed by atoms with van der Waals surface area (Å²) in [6.07, 6.45) is 3.03. The van der Waals surface area contributed by atoms with Gasteiger partial charge in [0.2, 0.25) is 5.43 Å². The maximum Gasteiger partial charge on any atom is 0.257 e. The van der Waals surface area contributed by atoms with Crippen molar-refractivity contribution in [3.8, 4) is 0 Å². The van der Waals surface area contributed by atoms with Gasteiger partial charge in [0.15, 0.2) is 0 Å². The summed E-state index contributed by atoms with van der Waals surface area (Å²) in [5.41, 5.74) is 1.19. The van der Waals surface area contributed by atoms with Crippen molar-refractivity contribution in [2.45, 2.75) is 46.8 Å². The van der Waals surface area contributed by atoms with E-state index in [1.54, 1.807) is 23.0 Å². The first-order chi connectivity index (χ1) is 12.5. The van der Waals surface area contributed by atoms with Crippen LogP contribution in [0.25, 0.3) is 11.0 Å². The van der Waals surface area contributed by atoms with E-state index in [-0.39, 0.29) is 17.0 Å². The van der Waals surface area contributed by atoms with E-state index in [0.29, 0.717) is 29.9 Å². The predicted molar refractivity (Wildman–Crippen MR) is 98.0 cm³/mol. The molecule has 1 N–H and O–H groups in total. The molecule has 1 atom stereocenters. The number of fused-ring (bicyclic) bond motifs is 1. The summed E-state index contributed by atoms with van der Waals surface area (Å²) < 4.78 is 3.53. The highest BCUT2D eigenvalue weighted by molar-refractivity contribution is 5.97. The Hall–Kier alpha value is -3.03. The van der Waals surface area contributed by atoms with Crippen molar-refractivity contribution in [2.75, 3.05) is 0 Å². The molecule has 0 spiro atoms. The lowest BCUT2D eigenvalue weighted by Crippen LogP contribution is -2.33. The predicted octanol–water partition coefficient (Wildman–Crippen LogP) is 1.83. The van der Waals surface area contributed by atoms with Crippen LogP contribution in [0.2, 0.25) is 0 Å². The molecular weight excluding hydrogens is 332 g/mol. The molecule has 26 heavy (non-hydrogen) atoms. The van der Waals surface area contributed by atoms with Crippen LogP contribution in [-0.4, -0.2) is 30.2 Å². The van der Waals surface area contributed by atoms with E-state index < -0.39 is 5.91 Å². The molecule has 0 aliphatic carbocycles. The molecule has 0 aromatic carbocycles. The molecule has 0 aliphatic heterocycles. The number of aryl methyl sites for hydroxylation is 3. The molecule has 0 saturated heterocycles. The Balaban J connectivity index is 1.99. The molecular formula is C18H22N6O2. The highest BCUT2D eigenvalue weighted by Crippen LogP contribution is 2.13. The van der Waals surface area contributed by atoms with Gasteiger partial charge in [0.1, 0.15) is 23.4 Å². The van der Waals surface area contributed by atoms with Crippen LogP contribution in [0.1, 0.15) is 48.7 Å². The molecule has 1 amide bonds. The zero-order valence-corrected chi connectivity index (χ0v) is 15.4. The van der Waals surface area contributed by atoms with Crippen molar-refractivity contribution in [1.82, 2.24) is 29.6 Å². The van der Waals surface area contributed by atoms with Crippen LogP contribution in [0.15, 0.2) is 29.5 Å². The summed E-state index contributed by atoms with van der Waals surface area (Å²) in [4.78, 5) is 34.2. The molecule has 3 aromatic rings. The number of nitrogens with zero attached hydrogens (tertiary/aromatic N) is 5. The first-order valence-corrected chi connectivity index (χ1v) is 8.65. The van der Waals surface area contributed by atoms with Crippen LogP contribution < -0.4 is 10.7 Å². The van der Waals surface area contributed by atoms with Crippen molar-refractivity contribution in [1.29, 1.82) is 0 Å². The summed E-state index contributed by atoms with van der Waals surface area (Å²) in [6, 6.07) is 3.13. The van der Waals surface area contributed by atoms with Gasteiger partial charge >= 0.3 is 0 Å². The van der Waals surface area contributed by atoms with E-state index in [4.69, 9.17) is 0 Å². The molecule has 8 nitrogen and oxygen atoms in total. The summed E-state index contributed by atoms with van der Waals surface area (Å²) in [6.45, 7) is 8.84. The second-order valence-corrected chi connectivity index (χ2v) is 6.11. The van der Waals surface area contributed by atoms with Crippen LogP contribution in [0.3, 0.4) is 0 Å². The fourth-order valence-electron chi connectivity index (χ4n) is 2.95. The zero-order chi connectivity index (χ0) is 18.8. The number of hydrogen-bond donors (Lipinski definition) is 1. The van der Waals surface area contributed by atoms with Gasteiger partial charge in [-0.05, 0) is 39.8 Å². The van der Waals surface area contributed by atoms with Gasteiger partial charge in [-0.1, -0.05) is 0 Å². The maximum absolute atomic E-state index is 12.8. The largest absolute Gasteiger partial charge is 0.342 e. The fraction of sp³-hybridized carbons (Fsp3) is 0.389. The second-order valence-electron chi connectivity index (χ2n) is 6.11. The summed E-state index contributed by atoms with van der Waals surface area (Å²) in [7, 11) is 0. The Morgan fingerprint density at radius 3 is 2.73 bits per heavy atom. The molecule has 0 saturated carbocycles. The summed E-state index contributed by atoms with van der Waals surface area (Å²) >= 11 is 0. The monoisotopic (exact) mass is 354 g/mol. The second kappa shape index (κ2) is 7.07. The topological polar surface area (TPSA) is 94.7 Å². The van der Waals surface area contributed by atoms with Gasteiger partial charge in [0, 0.05) is 25.0 Å². The van der Waals surface area contributed by atoms with Crippen LogP contribution in [0, 0.1) is 6.92 Å². The third-order valence-electron chi connectivity index (χ3n) is 4.33. The van der Waals surface area contributed by atoms with Gasteiger partial charge in [-0.15, -0.1) is 0 Å². The van der Waals surface area contributed by atoms with Gasteiger partial charge in [0.05, 0.1) is 11.4 Å². The molecule has 3 heterocycles. The number of aromatic nitrogens is 5. The molecule has 0 aliphatic rings. The summed E-state index contributed by atoms with van der Waals surface area (Å²) in [5.74, 6) is 0.215. The van der Waals surface area contributed by atoms with Crippen molar-refractivity contribution in [3.05, 3.63) is 52.0 Å². The lowest BCUT2D eigenvalue weighted by molar-refractivity contribution is 0.0936.